The van der Waals surface area contributed by atoms with E-state index in [1.807, 2.05) is 12.1 Å². The Bertz CT molecular complexity index is 812. The number of nitrogens with one attached hydrogen (secondary N) is 1. The van der Waals surface area contributed by atoms with Crippen LogP contribution in [0.3, 0.4) is 0 Å². The number of thiazole rings is 1. The van der Waals surface area contributed by atoms with E-state index in [2.05, 4.69) is 15.0 Å². The molecule has 0 radical (unpaired) electrons. The molecule has 2 N–H and O–H groups in total. The number of phenolic OH excluding ortho intramolecular Hbond substituents is 1. The van der Waals surface area contributed by atoms with Crippen molar-refractivity contribution < 1.29 is 14.6 Å². The highest BCUT2D eigenvalue weighted by Crippen LogP contribution is 2.28. The van der Waals surface area contributed by atoms with Crippen LogP contribution in [0.1, 0.15) is 15.9 Å². The smallest absolute Gasteiger partial charge is 0.337 e. The third-order valence-corrected chi connectivity index (χ3v) is 4.17. The lowest BCUT2D eigenvalue weighted by molar-refractivity contribution is 0.0600. The highest BCUT2D eigenvalue weighted by molar-refractivity contribution is 7.22. The van der Waals surface area contributed by atoms with Gasteiger partial charge < -0.3 is 15.2 Å². The Morgan fingerprint density at radius 2 is 2.05 bits per heavy atom. The van der Waals surface area contributed by atoms with Gasteiger partial charge in [-0.2, -0.15) is 0 Å². The van der Waals surface area contributed by atoms with Crippen LogP contribution in [0.25, 0.3) is 10.2 Å². The number of hydrogen-bond acceptors (Lipinski definition) is 6. The molecule has 0 spiro atoms. The number of carbonyl (C=O) groups is 1. The van der Waals surface area contributed by atoms with E-state index in [1.54, 1.807) is 30.3 Å². The Morgan fingerprint density at radius 3 is 2.77 bits per heavy atom. The van der Waals surface area contributed by atoms with Crippen LogP contribution in [0.2, 0.25) is 0 Å². The molecule has 112 valence electrons. The minimum atomic E-state index is -0.342. The van der Waals surface area contributed by atoms with Crippen LogP contribution in [0.15, 0.2) is 42.5 Å². The Hall–Kier alpha value is -2.60. The molecule has 3 aromatic rings. The molecule has 2 aromatic carbocycles. The van der Waals surface area contributed by atoms with Crippen molar-refractivity contribution in [2.75, 3.05) is 12.4 Å². The minimum absolute atomic E-state index is 0.237. The molecule has 0 fully saturated rings. The van der Waals surface area contributed by atoms with E-state index < -0.39 is 0 Å². The van der Waals surface area contributed by atoms with Gasteiger partial charge in [0.1, 0.15) is 5.75 Å². The first-order valence-corrected chi connectivity index (χ1v) is 7.48. The fraction of sp³-hybridized carbons (Fsp3) is 0.125. The third kappa shape index (κ3) is 3.01. The van der Waals surface area contributed by atoms with Crippen LogP contribution in [-0.4, -0.2) is 23.2 Å². The first kappa shape index (κ1) is 14.3. The van der Waals surface area contributed by atoms with E-state index in [1.165, 1.54) is 18.4 Å². The molecule has 5 nitrogen and oxygen atoms in total. The summed E-state index contributed by atoms with van der Waals surface area (Å²) in [5.41, 5.74) is 2.42. The number of hydrogen-bond donors (Lipinski definition) is 2. The van der Waals surface area contributed by atoms with Crippen molar-refractivity contribution in [2.24, 2.45) is 0 Å². The molecule has 1 aromatic heterocycles. The molecule has 0 amide bonds. The number of ether oxygens (including phenoxy) is 1. The second kappa shape index (κ2) is 6.03. The molecule has 0 aliphatic heterocycles. The molecule has 0 bridgehead atoms. The minimum Gasteiger partial charge on any atom is -0.508 e. The van der Waals surface area contributed by atoms with Crippen molar-refractivity contribution >= 4 is 32.7 Å². The van der Waals surface area contributed by atoms with Crippen molar-refractivity contribution in [3.63, 3.8) is 0 Å². The molecule has 1 heterocycles. The Morgan fingerprint density at radius 1 is 1.27 bits per heavy atom. The summed E-state index contributed by atoms with van der Waals surface area (Å²) in [5.74, 6) is -0.105. The van der Waals surface area contributed by atoms with E-state index in [0.29, 0.717) is 12.1 Å². The predicted octanol–water partition coefficient (Wildman–Crippen LogP) is 3.40. The number of methoxy groups -OCH3 is 1. The second-order valence-electron chi connectivity index (χ2n) is 4.71. The molecule has 0 saturated carbocycles. The number of aromatic hydroxyl groups is 1. The van der Waals surface area contributed by atoms with Crippen LogP contribution in [0, 0.1) is 0 Å². The van der Waals surface area contributed by atoms with Crippen LogP contribution in [0.5, 0.6) is 5.75 Å². The highest BCUT2D eigenvalue weighted by Gasteiger charge is 2.06. The second-order valence-corrected chi connectivity index (χ2v) is 5.74. The first-order valence-electron chi connectivity index (χ1n) is 6.66. The van der Waals surface area contributed by atoms with E-state index in [9.17, 15) is 9.90 Å². The van der Waals surface area contributed by atoms with Gasteiger partial charge in [0.25, 0.3) is 0 Å². The SMILES string of the molecule is COC(=O)c1ccc(CNc2nc3ccc(O)cc3s2)cc1. The number of anilines is 1. The zero-order chi connectivity index (χ0) is 15.5. The van der Waals surface area contributed by atoms with Crippen LogP contribution < -0.4 is 5.32 Å². The van der Waals surface area contributed by atoms with Crippen molar-refractivity contribution in [2.45, 2.75) is 6.54 Å². The van der Waals surface area contributed by atoms with E-state index in [-0.39, 0.29) is 11.7 Å². The van der Waals surface area contributed by atoms with Crippen LogP contribution >= 0.6 is 11.3 Å². The number of fused-ring (bicyclic) bond motifs is 1. The number of esters is 1. The molecule has 3 rings (SSSR count). The first-order chi connectivity index (χ1) is 10.7. The topological polar surface area (TPSA) is 71.5 Å². The van der Waals surface area contributed by atoms with Gasteiger partial charge >= 0.3 is 5.97 Å². The highest BCUT2D eigenvalue weighted by atomic mass is 32.1. The fourth-order valence-corrected chi connectivity index (χ4v) is 2.94. The summed E-state index contributed by atoms with van der Waals surface area (Å²) in [5, 5.41) is 13.5. The van der Waals surface area contributed by atoms with Crippen molar-refractivity contribution in [3.8, 4) is 5.75 Å². The summed E-state index contributed by atoms with van der Waals surface area (Å²) in [4.78, 5) is 15.8. The van der Waals surface area contributed by atoms with E-state index in [4.69, 9.17) is 0 Å². The Labute approximate surface area is 131 Å². The standard InChI is InChI=1S/C16H14N2O3S/c1-21-15(20)11-4-2-10(3-5-11)9-17-16-18-13-7-6-12(19)8-14(13)22-16/h2-8,19H,9H2,1H3,(H,17,18). The molecular formula is C16H14N2O3S. The zero-order valence-electron chi connectivity index (χ0n) is 11.9. The quantitative estimate of drug-likeness (QED) is 0.722. The number of phenols is 1. The van der Waals surface area contributed by atoms with Gasteiger partial charge in [-0.25, -0.2) is 9.78 Å². The summed E-state index contributed by atoms with van der Waals surface area (Å²) in [6, 6.07) is 12.3. The van der Waals surface area contributed by atoms with Crippen molar-refractivity contribution in [1.29, 1.82) is 0 Å². The lowest BCUT2D eigenvalue weighted by atomic mass is 10.1. The summed E-state index contributed by atoms with van der Waals surface area (Å²) in [7, 11) is 1.36. The summed E-state index contributed by atoms with van der Waals surface area (Å²) in [6.07, 6.45) is 0. The summed E-state index contributed by atoms with van der Waals surface area (Å²) < 4.78 is 5.60. The maximum absolute atomic E-state index is 11.4. The number of carbonyl (C=O) groups excluding carboxylic acids is 1. The average molecular weight is 314 g/mol. The maximum Gasteiger partial charge on any atom is 0.337 e. The molecular weight excluding hydrogens is 300 g/mol. The largest absolute Gasteiger partial charge is 0.508 e. The molecule has 0 aliphatic carbocycles. The molecule has 0 unspecified atom stereocenters. The van der Waals surface area contributed by atoms with Gasteiger partial charge in [0.05, 0.1) is 22.9 Å². The fourth-order valence-electron chi connectivity index (χ4n) is 2.04. The number of nitrogens with zero attached hydrogens (tertiary/aromatic N) is 1. The van der Waals surface area contributed by atoms with Gasteiger partial charge in [-0.05, 0) is 35.9 Å². The molecule has 22 heavy (non-hydrogen) atoms. The van der Waals surface area contributed by atoms with Crippen LogP contribution in [-0.2, 0) is 11.3 Å². The molecule has 0 atom stereocenters. The summed E-state index contributed by atoms with van der Waals surface area (Å²) >= 11 is 1.49. The Kier molecular flexibility index (Phi) is 3.93. The van der Waals surface area contributed by atoms with Crippen molar-refractivity contribution in [1.82, 2.24) is 4.98 Å². The monoisotopic (exact) mass is 314 g/mol. The van der Waals surface area contributed by atoms with Gasteiger partial charge in [0, 0.05) is 6.54 Å². The van der Waals surface area contributed by atoms with Gasteiger partial charge in [-0.15, -0.1) is 0 Å². The number of benzene rings is 2. The van der Waals surface area contributed by atoms with Gasteiger partial charge in [-0.3, -0.25) is 0 Å². The van der Waals surface area contributed by atoms with E-state index in [0.717, 1.165) is 20.9 Å². The van der Waals surface area contributed by atoms with Crippen molar-refractivity contribution in [3.05, 3.63) is 53.6 Å². The van der Waals surface area contributed by atoms with Gasteiger partial charge in [0.2, 0.25) is 0 Å². The van der Waals surface area contributed by atoms with Crippen LogP contribution in [0.4, 0.5) is 5.13 Å². The van der Waals surface area contributed by atoms with Gasteiger partial charge in [0.15, 0.2) is 5.13 Å². The van der Waals surface area contributed by atoms with E-state index >= 15 is 0 Å². The Balaban J connectivity index is 1.69. The number of aromatic nitrogens is 1. The maximum atomic E-state index is 11.4. The predicted molar refractivity (Wildman–Crippen MR) is 86.4 cm³/mol. The lowest BCUT2D eigenvalue weighted by Gasteiger charge is -2.04. The third-order valence-electron chi connectivity index (χ3n) is 3.19. The summed E-state index contributed by atoms with van der Waals surface area (Å²) in [6.45, 7) is 0.604. The normalized spacial score (nSPS) is 10.6. The average Bonchev–Trinajstić information content (AvgIpc) is 2.94. The molecule has 6 heteroatoms. The molecule has 0 saturated heterocycles. The molecule has 0 aliphatic rings. The lowest BCUT2D eigenvalue weighted by Crippen LogP contribution is -2.02. The number of rotatable bonds is 4. The van der Waals surface area contributed by atoms with Gasteiger partial charge in [-0.1, -0.05) is 23.5 Å². The zero-order valence-corrected chi connectivity index (χ0v) is 12.7.